The van der Waals surface area contributed by atoms with Crippen LogP contribution in [0.15, 0.2) is 12.3 Å². The fourth-order valence-corrected chi connectivity index (χ4v) is 2.38. The number of aromatic nitrogens is 1. The average Bonchev–Trinajstić information content (AvgIpc) is 2.80. The van der Waals surface area contributed by atoms with Crippen molar-refractivity contribution < 1.29 is 9.90 Å². The molecule has 0 spiro atoms. The van der Waals surface area contributed by atoms with Crippen molar-refractivity contribution in [1.82, 2.24) is 9.88 Å². The molecule has 0 aromatic carbocycles. The van der Waals surface area contributed by atoms with Gasteiger partial charge in [0, 0.05) is 13.6 Å². The Kier molecular flexibility index (Phi) is 3.61. The van der Waals surface area contributed by atoms with Gasteiger partial charge in [-0.05, 0) is 31.4 Å². The van der Waals surface area contributed by atoms with Gasteiger partial charge in [-0.15, -0.1) is 0 Å². The van der Waals surface area contributed by atoms with Crippen LogP contribution in [-0.2, 0) is 0 Å². The minimum Gasteiger partial charge on any atom is -0.465 e. The van der Waals surface area contributed by atoms with Gasteiger partial charge in [0.05, 0.1) is 11.9 Å². The first-order valence-electron chi connectivity index (χ1n) is 5.85. The van der Waals surface area contributed by atoms with Crippen LogP contribution >= 0.6 is 11.6 Å². The summed E-state index contributed by atoms with van der Waals surface area (Å²) in [5.41, 5.74) is 1.82. The lowest BCUT2D eigenvalue weighted by Gasteiger charge is -2.32. The topological polar surface area (TPSA) is 56.7 Å². The Morgan fingerprint density at radius 3 is 3.00 bits per heavy atom. The highest BCUT2D eigenvalue weighted by molar-refractivity contribution is 6.30. The SMILES string of the molecule is Cc1cc(N2CCCC2N(C)C(=O)O)cnc1Cl. The summed E-state index contributed by atoms with van der Waals surface area (Å²) in [6, 6.07) is 1.95. The van der Waals surface area contributed by atoms with Gasteiger partial charge in [-0.1, -0.05) is 11.6 Å². The molecule has 1 unspecified atom stereocenters. The average molecular weight is 270 g/mol. The Balaban J connectivity index is 2.25. The van der Waals surface area contributed by atoms with Crippen molar-refractivity contribution in [3.63, 3.8) is 0 Å². The van der Waals surface area contributed by atoms with E-state index in [4.69, 9.17) is 16.7 Å². The van der Waals surface area contributed by atoms with Gasteiger partial charge in [-0.3, -0.25) is 4.90 Å². The number of anilines is 1. The summed E-state index contributed by atoms with van der Waals surface area (Å²) >= 11 is 5.90. The van der Waals surface area contributed by atoms with Crippen LogP contribution in [0.2, 0.25) is 5.15 Å². The molecule has 0 bridgehead atoms. The molecule has 98 valence electrons. The molecule has 1 N–H and O–H groups in total. The molecular formula is C12H16ClN3O2. The summed E-state index contributed by atoms with van der Waals surface area (Å²) in [6.45, 7) is 2.73. The van der Waals surface area contributed by atoms with E-state index >= 15 is 0 Å². The van der Waals surface area contributed by atoms with E-state index < -0.39 is 6.09 Å². The normalized spacial score (nSPS) is 19.1. The Morgan fingerprint density at radius 2 is 2.39 bits per heavy atom. The van der Waals surface area contributed by atoms with Crippen LogP contribution in [0.5, 0.6) is 0 Å². The highest BCUT2D eigenvalue weighted by Crippen LogP contribution is 2.28. The molecule has 1 aliphatic rings. The van der Waals surface area contributed by atoms with Crippen molar-refractivity contribution >= 4 is 23.4 Å². The maximum atomic E-state index is 11.0. The standard InChI is InChI=1S/C12H16ClN3O2/c1-8-6-9(7-14-11(8)13)16-5-3-4-10(16)15(2)12(17)18/h6-7,10H,3-5H2,1-2H3,(H,17,18). The Labute approximate surface area is 111 Å². The lowest BCUT2D eigenvalue weighted by atomic mass is 10.2. The second kappa shape index (κ2) is 5.02. The quantitative estimate of drug-likeness (QED) is 0.839. The zero-order valence-corrected chi connectivity index (χ0v) is 11.2. The van der Waals surface area contributed by atoms with E-state index in [0.717, 1.165) is 30.6 Å². The molecule has 1 fully saturated rings. The molecule has 0 aliphatic carbocycles. The number of hydrogen-bond donors (Lipinski definition) is 1. The van der Waals surface area contributed by atoms with E-state index in [1.165, 1.54) is 4.90 Å². The largest absolute Gasteiger partial charge is 0.465 e. The molecule has 1 atom stereocenters. The van der Waals surface area contributed by atoms with E-state index in [-0.39, 0.29) is 6.17 Å². The molecule has 1 aliphatic heterocycles. The Bertz CT molecular complexity index is 467. The van der Waals surface area contributed by atoms with Crippen molar-refractivity contribution in [2.24, 2.45) is 0 Å². The number of halogens is 1. The first-order chi connectivity index (χ1) is 8.50. The third kappa shape index (κ3) is 2.36. The van der Waals surface area contributed by atoms with E-state index in [1.807, 2.05) is 13.0 Å². The van der Waals surface area contributed by atoms with Crippen LogP contribution in [0.25, 0.3) is 0 Å². The number of carbonyl (C=O) groups is 1. The molecule has 6 heteroatoms. The molecule has 0 saturated carbocycles. The third-order valence-corrected chi connectivity index (χ3v) is 3.70. The van der Waals surface area contributed by atoms with Crippen molar-refractivity contribution in [2.75, 3.05) is 18.5 Å². The zero-order chi connectivity index (χ0) is 13.3. The molecule has 0 radical (unpaired) electrons. The van der Waals surface area contributed by atoms with Crippen molar-refractivity contribution in [2.45, 2.75) is 25.9 Å². The minimum absolute atomic E-state index is 0.120. The van der Waals surface area contributed by atoms with E-state index in [9.17, 15) is 4.79 Å². The second-order valence-corrected chi connectivity index (χ2v) is 4.87. The third-order valence-electron chi connectivity index (χ3n) is 3.30. The van der Waals surface area contributed by atoms with Gasteiger partial charge in [0.15, 0.2) is 0 Å². The monoisotopic (exact) mass is 269 g/mol. The number of aryl methyl sites for hydroxylation is 1. The maximum Gasteiger partial charge on any atom is 0.408 e. The smallest absolute Gasteiger partial charge is 0.408 e. The number of hydrogen-bond acceptors (Lipinski definition) is 3. The van der Waals surface area contributed by atoms with E-state index in [0.29, 0.717) is 5.15 Å². The molecule has 18 heavy (non-hydrogen) atoms. The Morgan fingerprint density at radius 1 is 1.67 bits per heavy atom. The molecule has 1 aromatic rings. The van der Waals surface area contributed by atoms with Crippen LogP contribution in [0, 0.1) is 6.92 Å². The summed E-state index contributed by atoms with van der Waals surface area (Å²) in [5.74, 6) is 0. The van der Waals surface area contributed by atoms with Crippen LogP contribution < -0.4 is 4.90 Å². The molecule has 5 nitrogen and oxygen atoms in total. The number of nitrogens with zero attached hydrogens (tertiary/aromatic N) is 3. The minimum atomic E-state index is -0.912. The number of rotatable bonds is 2. The van der Waals surface area contributed by atoms with E-state index in [2.05, 4.69) is 9.88 Å². The van der Waals surface area contributed by atoms with E-state index in [1.54, 1.807) is 13.2 Å². The van der Waals surface area contributed by atoms with Gasteiger partial charge in [0.2, 0.25) is 0 Å². The van der Waals surface area contributed by atoms with Crippen molar-refractivity contribution in [3.8, 4) is 0 Å². The fraction of sp³-hybridized carbons (Fsp3) is 0.500. The lowest BCUT2D eigenvalue weighted by molar-refractivity contribution is 0.140. The van der Waals surface area contributed by atoms with Gasteiger partial charge < -0.3 is 10.0 Å². The lowest BCUT2D eigenvalue weighted by Crippen LogP contribution is -2.45. The molecule has 1 aromatic heterocycles. The molecular weight excluding hydrogens is 254 g/mol. The van der Waals surface area contributed by atoms with Gasteiger partial charge in [-0.2, -0.15) is 0 Å². The van der Waals surface area contributed by atoms with Crippen LogP contribution in [0.4, 0.5) is 10.5 Å². The zero-order valence-electron chi connectivity index (χ0n) is 10.4. The summed E-state index contributed by atoms with van der Waals surface area (Å²) in [5, 5.41) is 9.56. The maximum absolute atomic E-state index is 11.0. The molecule has 1 amide bonds. The summed E-state index contributed by atoms with van der Waals surface area (Å²) < 4.78 is 0. The van der Waals surface area contributed by atoms with Crippen molar-refractivity contribution in [1.29, 1.82) is 0 Å². The second-order valence-electron chi connectivity index (χ2n) is 4.51. The summed E-state index contributed by atoms with van der Waals surface area (Å²) in [6.07, 6.45) is 2.48. The number of pyridine rings is 1. The van der Waals surface area contributed by atoms with Gasteiger partial charge in [0.25, 0.3) is 0 Å². The summed E-state index contributed by atoms with van der Waals surface area (Å²) in [7, 11) is 1.60. The first-order valence-corrected chi connectivity index (χ1v) is 6.23. The van der Waals surface area contributed by atoms with Crippen LogP contribution in [0.3, 0.4) is 0 Å². The fourth-order valence-electron chi connectivity index (χ4n) is 2.28. The molecule has 1 saturated heterocycles. The number of amides is 1. The predicted octanol–water partition coefficient (Wildman–Crippen LogP) is 2.58. The molecule has 2 rings (SSSR count). The van der Waals surface area contributed by atoms with Gasteiger partial charge >= 0.3 is 6.09 Å². The number of carboxylic acid groups (broad SMARTS) is 1. The van der Waals surface area contributed by atoms with Crippen LogP contribution in [-0.4, -0.2) is 40.8 Å². The summed E-state index contributed by atoms with van der Waals surface area (Å²) in [4.78, 5) is 18.6. The van der Waals surface area contributed by atoms with Crippen molar-refractivity contribution in [3.05, 3.63) is 23.0 Å². The predicted molar refractivity (Wildman–Crippen MR) is 70.1 cm³/mol. The Hall–Kier alpha value is -1.49. The highest BCUT2D eigenvalue weighted by Gasteiger charge is 2.30. The highest BCUT2D eigenvalue weighted by atomic mass is 35.5. The van der Waals surface area contributed by atoms with Gasteiger partial charge in [-0.25, -0.2) is 9.78 Å². The van der Waals surface area contributed by atoms with Crippen LogP contribution in [0.1, 0.15) is 18.4 Å². The molecule has 2 heterocycles. The van der Waals surface area contributed by atoms with Gasteiger partial charge in [0.1, 0.15) is 11.3 Å². The first kappa shape index (κ1) is 13.0.